The first-order valence-corrected chi connectivity index (χ1v) is 13.2. The number of nitriles is 1. The lowest BCUT2D eigenvalue weighted by Gasteiger charge is -2.34. The van der Waals surface area contributed by atoms with Gasteiger partial charge in [-0.3, -0.25) is 4.79 Å². The maximum Gasteiger partial charge on any atom is 0.272 e. The van der Waals surface area contributed by atoms with Crippen molar-refractivity contribution < 1.29 is 9.53 Å². The minimum Gasteiger partial charge on any atom is -0.382 e. The zero-order valence-electron chi connectivity index (χ0n) is 20.1. The molecule has 2 fully saturated rings. The van der Waals surface area contributed by atoms with Gasteiger partial charge in [0.15, 0.2) is 17.7 Å². The summed E-state index contributed by atoms with van der Waals surface area (Å²) in [5.41, 5.74) is 9.43. The first kappa shape index (κ1) is 23.7. The third-order valence-electron chi connectivity index (χ3n) is 7.10. The van der Waals surface area contributed by atoms with Crippen LogP contribution in [0.25, 0.3) is 16.4 Å². The highest BCUT2D eigenvalue weighted by molar-refractivity contribution is 9.10. The summed E-state index contributed by atoms with van der Waals surface area (Å²) in [5.74, 6) is 0.143. The molecule has 37 heavy (non-hydrogen) atoms. The zero-order chi connectivity index (χ0) is 25.5. The number of fused-ring (bicyclic) bond motifs is 2. The third-order valence-corrected chi connectivity index (χ3v) is 7.66. The maximum absolute atomic E-state index is 13.6. The van der Waals surface area contributed by atoms with Gasteiger partial charge < -0.3 is 20.7 Å². The van der Waals surface area contributed by atoms with Crippen LogP contribution in [-0.2, 0) is 4.74 Å². The van der Waals surface area contributed by atoms with E-state index in [1.807, 2.05) is 12.1 Å². The fourth-order valence-electron chi connectivity index (χ4n) is 5.33. The van der Waals surface area contributed by atoms with E-state index in [1.165, 1.54) is 6.33 Å². The molecule has 3 N–H and O–H groups in total. The van der Waals surface area contributed by atoms with Crippen molar-refractivity contribution in [2.45, 2.75) is 44.4 Å². The van der Waals surface area contributed by atoms with Crippen molar-refractivity contribution in [3.63, 3.8) is 0 Å². The Balaban J connectivity index is 1.28. The third kappa shape index (κ3) is 4.28. The summed E-state index contributed by atoms with van der Waals surface area (Å²) >= 11 is 3.55. The number of benzene rings is 1. The summed E-state index contributed by atoms with van der Waals surface area (Å²) in [6, 6.07) is 9.39. The molecule has 6 rings (SSSR count). The molecule has 1 unspecified atom stereocenters. The lowest BCUT2D eigenvalue weighted by atomic mass is 10.0. The number of nitrogens with one attached hydrogen (secondary N) is 1. The van der Waals surface area contributed by atoms with E-state index >= 15 is 0 Å². The van der Waals surface area contributed by atoms with Crippen molar-refractivity contribution >= 4 is 49.8 Å². The lowest BCUT2D eigenvalue weighted by Crippen LogP contribution is -2.48. The maximum atomic E-state index is 13.6. The van der Waals surface area contributed by atoms with Gasteiger partial charge in [-0.15, -0.1) is 0 Å². The molecule has 190 valence electrons. The molecule has 11 nitrogen and oxygen atoms in total. The number of hydrogen-bond donors (Lipinski definition) is 2. The Bertz CT molecular complexity index is 1530. The summed E-state index contributed by atoms with van der Waals surface area (Å²) in [5, 5.41) is 22.3. The van der Waals surface area contributed by atoms with Gasteiger partial charge in [0, 0.05) is 31.1 Å². The molecular formula is C25H26BrN9O2. The predicted octanol–water partition coefficient (Wildman–Crippen LogP) is 3.39. The van der Waals surface area contributed by atoms with E-state index in [2.05, 4.69) is 42.3 Å². The van der Waals surface area contributed by atoms with Crippen LogP contribution in [-0.4, -0.2) is 56.0 Å². The number of halogens is 1. The Morgan fingerprint density at radius 3 is 2.95 bits per heavy atom. The van der Waals surface area contributed by atoms with Crippen LogP contribution in [0.4, 0.5) is 11.5 Å². The van der Waals surface area contributed by atoms with Crippen molar-refractivity contribution in [2.75, 3.05) is 30.3 Å². The van der Waals surface area contributed by atoms with Crippen molar-refractivity contribution in [3.8, 4) is 6.07 Å². The number of nitrogen functional groups attached to an aromatic ring is 1. The topological polar surface area (TPSA) is 139 Å². The Hall–Kier alpha value is -3.69. The number of hydrogen-bond acceptors (Lipinski definition) is 8. The van der Waals surface area contributed by atoms with E-state index in [1.54, 1.807) is 21.3 Å². The van der Waals surface area contributed by atoms with Gasteiger partial charge in [0.05, 0.1) is 22.8 Å². The molecule has 3 aromatic heterocycles. The molecule has 12 heteroatoms. The van der Waals surface area contributed by atoms with Crippen LogP contribution in [0.3, 0.4) is 0 Å². The molecule has 1 aromatic carbocycles. The monoisotopic (exact) mass is 563 g/mol. The Morgan fingerprint density at radius 1 is 1.24 bits per heavy atom. The molecule has 0 saturated carbocycles. The van der Waals surface area contributed by atoms with Crippen LogP contribution in [0.1, 0.15) is 54.4 Å². The Kier molecular flexibility index (Phi) is 6.18. The van der Waals surface area contributed by atoms with Crippen LogP contribution in [0, 0.1) is 11.3 Å². The molecule has 4 aromatic rings. The predicted molar refractivity (Wildman–Crippen MR) is 141 cm³/mol. The van der Waals surface area contributed by atoms with E-state index < -0.39 is 0 Å². The summed E-state index contributed by atoms with van der Waals surface area (Å²) in [4.78, 5) is 19.9. The summed E-state index contributed by atoms with van der Waals surface area (Å²) in [6.45, 7) is 2.11. The van der Waals surface area contributed by atoms with Crippen LogP contribution in [0.2, 0.25) is 0 Å². The number of rotatable bonds is 4. The highest BCUT2D eigenvalue weighted by Gasteiger charge is 2.28. The number of anilines is 2. The number of aromatic nitrogens is 5. The van der Waals surface area contributed by atoms with E-state index in [9.17, 15) is 10.1 Å². The molecular weight excluding hydrogens is 538 g/mol. The molecule has 0 radical (unpaired) electrons. The van der Waals surface area contributed by atoms with Crippen LogP contribution in [0.5, 0.6) is 0 Å². The van der Waals surface area contributed by atoms with Gasteiger partial charge in [-0.1, -0.05) is 0 Å². The number of piperidine rings is 1. The number of nitrogens with two attached hydrogens (primary N) is 1. The molecule has 2 saturated heterocycles. The normalized spacial score (nSPS) is 20.3. The van der Waals surface area contributed by atoms with Crippen molar-refractivity contribution in [1.82, 2.24) is 29.7 Å². The summed E-state index contributed by atoms with van der Waals surface area (Å²) in [7, 11) is 0. The standard InChI is InChI=1S/C25H26BrN9O2/c26-20-11-19(23-24(28)29-14-30-35(20)23)33-8-3-4-16(13-33)31-25(36)22-17-10-15(12-27)6-7-18(17)34(32-22)21-5-1-2-9-37-21/h6-7,10-11,14,16,21H,1-5,8-9,13H2,(H,31,36)(H2,28,29,30)/t16-,21?/m1/s1. The molecule has 0 spiro atoms. The number of ether oxygens (including phenoxy) is 1. The number of carbonyl (C=O) groups excluding carboxylic acids is 1. The fraction of sp³-hybridized carbons (Fsp3) is 0.400. The van der Waals surface area contributed by atoms with Crippen LogP contribution >= 0.6 is 15.9 Å². The molecule has 2 atom stereocenters. The van der Waals surface area contributed by atoms with Crippen molar-refractivity contribution in [1.29, 1.82) is 5.26 Å². The first-order chi connectivity index (χ1) is 18.0. The summed E-state index contributed by atoms with van der Waals surface area (Å²) in [6.07, 6.45) is 5.85. The van der Waals surface area contributed by atoms with Crippen molar-refractivity contribution in [2.24, 2.45) is 0 Å². The van der Waals surface area contributed by atoms with Gasteiger partial charge in [0.25, 0.3) is 5.91 Å². The van der Waals surface area contributed by atoms with Crippen LogP contribution in [0.15, 0.2) is 35.2 Å². The number of carbonyl (C=O) groups is 1. The molecule has 5 heterocycles. The van der Waals surface area contributed by atoms with E-state index in [0.717, 1.165) is 60.0 Å². The lowest BCUT2D eigenvalue weighted by molar-refractivity contribution is -0.0368. The smallest absolute Gasteiger partial charge is 0.272 e. The minimum absolute atomic E-state index is 0.0916. The van der Waals surface area contributed by atoms with Gasteiger partial charge in [0.2, 0.25) is 0 Å². The molecule has 0 bridgehead atoms. The molecule has 2 aliphatic rings. The second-order valence-corrected chi connectivity index (χ2v) is 10.3. The quantitative estimate of drug-likeness (QED) is 0.385. The van der Waals surface area contributed by atoms with Gasteiger partial charge in [-0.25, -0.2) is 14.2 Å². The minimum atomic E-state index is -0.257. The second kappa shape index (κ2) is 9.64. The van der Waals surface area contributed by atoms with Gasteiger partial charge >= 0.3 is 0 Å². The highest BCUT2D eigenvalue weighted by atomic mass is 79.9. The SMILES string of the molecule is N#Cc1ccc2c(c1)c(C(=O)N[C@@H]1CCCN(c3cc(Br)n4ncnc(N)c34)C1)nn2C1CCCCO1. The zero-order valence-corrected chi connectivity index (χ0v) is 21.7. The first-order valence-electron chi connectivity index (χ1n) is 12.4. The highest BCUT2D eigenvalue weighted by Crippen LogP contribution is 2.33. The molecule has 2 aliphatic heterocycles. The van der Waals surface area contributed by atoms with E-state index in [4.69, 9.17) is 15.6 Å². The van der Waals surface area contributed by atoms with Gasteiger partial charge in [0.1, 0.15) is 16.4 Å². The Morgan fingerprint density at radius 2 is 2.14 bits per heavy atom. The van der Waals surface area contributed by atoms with E-state index in [-0.39, 0.29) is 18.2 Å². The van der Waals surface area contributed by atoms with Gasteiger partial charge in [-0.05, 0) is 72.3 Å². The summed E-state index contributed by atoms with van der Waals surface area (Å²) < 4.78 is 10.3. The number of nitrogens with zero attached hydrogens (tertiary/aromatic N) is 7. The van der Waals surface area contributed by atoms with Crippen molar-refractivity contribution in [3.05, 3.63) is 46.5 Å². The average molecular weight is 564 g/mol. The molecule has 1 amide bonds. The average Bonchev–Trinajstić information content (AvgIpc) is 3.48. The molecule has 0 aliphatic carbocycles. The number of amides is 1. The second-order valence-electron chi connectivity index (χ2n) is 9.47. The fourth-order valence-corrected chi connectivity index (χ4v) is 5.82. The van der Waals surface area contributed by atoms with E-state index in [0.29, 0.717) is 35.6 Å². The Labute approximate surface area is 221 Å². The van der Waals surface area contributed by atoms with Crippen LogP contribution < -0.4 is 16.0 Å². The van der Waals surface area contributed by atoms with Gasteiger partial charge in [-0.2, -0.15) is 15.5 Å². The largest absolute Gasteiger partial charge is 0.382 e.